The molecule has 102 valence electrons. The fraction of sp³-hybridized carbons (Fsp3) is 0.600. The van der Waals surface area contributed by atoms with Gasteiger partial charge in [-0.15, -0.1) is 0 Å². The van der Waals surface area contributed by atoms with Gasteiger partial charge in [-0.05, 0) is 31.9 Å². The van der Waals surface area contributed by atoms with Gasteiger partial charge in [-0.1, -0.05) is 56.3 Å². The predicted molar refractivity (Wildman–Crippen MR) is 80.1 cm³/mol. The quantitative estimate of drug-likeness (QED) is 0.607. The van der Waals surface area contributed by atoms with Crippen molar-refractivity contribution in [3.05, 3.63) is 27.7 Å². The third kappa shape index (κ3) is 4.37. The highest BCUT2D eigenvalue weighted by molar-refractivity contribution is 6.42. The van der Waals surface area contributed by atoms with Crippen LogP contribution in [-0.4, -0.2) is 6.10 Å². The normalized spacial score (nSPS) is 12.5. The average molecular weight is 289 g/mol. The van der Waals surface area contributed by atoms with Gasteiger partial charge >= 0.3 is 0 Å². The maximum Gasteiger partial charge on any atom is 0.124 e. The number of hydrogen-bond donors (Lipinski definition) is 0. The second kappa shape index (κ2) is 7.91. The van der Waals surface area contributed by atoms with Crippen LogP contribution in [0.15, 0.2) is 12.1 Å². The molecule has 1 aromatic carbocycles. The van der Waals surface area contributed by atoms with Crippen LogP contribution in [0.25, 0.3) is 0 Å². The summed E-state index contributed by atoms with van der Waals surface area (Å²) in [5.41, 5.74) is 1.04. The Labute approximate surface area is 120 Å². The summed E-state index contributed by atoms with van der Waals surface area (Å²) in [6.45, 7) is 6.42. The summed E-state index contributed by atoms with van der Waals surface area (Å²) in [4.78, 5) is 0. The molecule has 0 amide bonds. The maximum atomic E-state index is 6.25. The van der Waals surface area contributed by atoms with Gasteiger partial charge in [0.25, 0.3) is 0 Å². The Bertz CT molecular complexity index is 377. The average Bonchev–Trinajstić information content (AvgIpc) is 2.36. The number of hydrogen-bond acceptors (Lipinski definition) is 1. The molecule has 1 aromatic rings. The van der Waals surface area contributed by atoms with Crippen molar-refractivity contribution in [1.82, 2.24) is 0 Å². The third-order valence-electron chi connectivity index (χ3n) is 2.95. The maximum absolute atomic E-state index is 6.25. The SMILES string of the molecule is CCCCC(C)Oc1ccc(Cl)c(Cl)c1CCC. The lowest BCUT2D eigenvalue weighted by atomic mass is 10.1. The zero-order chi connectivity index (χ0) is 13.5. The molecular formula is C15H22Cl2O. The van der Waals surface area contributed by atoms with Gasteiger partial charge in [0.2, 0.25) is 0 Å². The summed E-state index contributed by atoms with van der Waals surface area (Å²) >= 11 is 12.3. The lowest BCUT2D eigenvalue weighted by Crippen LogP contribution is -2.12. The van der Waals surface area contributed by atoms with Crippen LogP contribution in [0.5, 0.6) is 5.75 Å². The van der Waals surface area contributed by atoms with Gasteiger partial charge in [0.15, 0.2) is 0 Å². The fourth-order valence-electron chi connectivity index (χ4n) is 1.94. The van der Waals surface area contributed by atoms with Crippen LogP contribution in [-0.2, 0) is 6.42 Å². The Morgan fingerprint density at radius 3 is 2.50 bits per heavy atom. The zero-order valence-corrected chi connectivity index (χ0v) is 12.9. The van der Waals surface area contributed by atoms with Crippen LogP contribution in [0.4, 0.5) is 0 Å². The highest BCUT2D eigenvalue weighted by Gasteiger charge is 2.13. The lowest BCUT2D eigenvalue weighted by molar-refractivity contribution is 0.205. The first kappa shape index (κ1) is 15.7. The molecule has 1 nitrogen and oxygen atoms in total. The van der Waals surface area contributed by atoms with Gasteiger partial charge in [0.05, 0.1) is 16.1 Å². The molecule has 18 heavy (non-hydrogen) atoms. The molecule has 0 aliphatic rings. The summed E-state index contributed by atoms with van der Waals surface area (Å²) in [6, 6.07) is 3.74. The Hall–Kier alpha value is -0.400. The molecule has 1 rings (SSSR count). The van der Waals surface area contributed by atoms with Crippen LogP contribution < -0.4 is 4.74 Å². The molecule has 0 aliphatic heterocycles. The molecule has 0 aliphatic carbocycles. The van der Waals surface area contributed by atoms with Crippen LogP contribution in [0, 0.1) is 0 Å². The van der Waals surface area contributed by atoms with E-state index < -0.39 is 0 Å². The summed E-state index contributed by atoms with van der Waals surface area (Å²) < 4.78 is 5.99. The molecule has 0 radical (unpaired) electrons. The van der Waals surface area contributed by atoms with Crippen LogP contribution >= 0.6 is 23.2 Å². The van der Waals surface area contributed by atoms with Crippen molar-refractivity contribution in [3.63, 3.8) is 0 Å². The minimum atomic E-state index is 0.220. The van der Waals surface area contributed by atoms with E-state index in [1.165, 1.54) is 12.8 Å². The molecule has 0 fully saturated rings. The van der Waals surface area contributed by atoms with E-state index in [0.29, 0.717) is 10.0 Å². The first-order valence-electron chi connectivity index (χ1n) is 6.73. The Kier molecular flexibility index (Phi) is 6.88. The van der Waals surface area contributed by atoms with Crippen LogP contribution in [0.1, 0.15) is 52.0 Å². The van der Waals surface area contributed by atoms with E-state index in [9.17, 15) is 0 Å². The molecular weight excluding hydrogens is 267 g/mol. The van der Waals surface area contributed by atoms with E-state index in [1.807, 2.05) is 12.1 Å². The van der Waals surface area contributed by atoms with Crippen LogP contribution in [0.2, 0.25) is 10.0 Å². The summed E-state index contributed by atoms with van der Waals surface area (Å²) in [7, 11) is 0. The van der Waals surface area contributed by atoms with Crippen molar-refractivity contribution < 1.29 is 4.74 Å². The van der Waals surface area contributed by atoms with E-state index in [2.05, 4.69) is 20.8 Å². The van der Waals surface area contributed by atoms with Crippen molar-refractivity contribution in [2.24, 2.45) is 0 Å². The second-order valence-electron chi connectivity index (χ2n) is 4.66. The van der Waals surface area contributed by atoms with Gasteiger partial charge in [-0.25, -0.2) is 0 Å². The van der Waals surface area contributed by atoms with Crippen molar-refractivity contribution in [3.8, 4) is 5.75 Å². The fourth-order valence-corrected chi connectivity index (χ4v) is 2.36. The van der Waals surface area contributed by atoms with Crippen molar-refractivity contribution >= 4 is 23.2 Å². The van der Waals surface area contributed by atoms with E-state index >= 15 is 0 Å². The Balaban J connectivity index is 2.84. The number of rotatable bonds is 7. The Morgan fingerprint density at radius 2 is 1.89 bits per heavy atom. The smallest absolute Gasteiger partial charge is 0.124 e. The number of unbranched alkanes of at least 4 members (excludes halogenated alkanes) is 1. The highest BCUT2D eigenvalue weighted by atomic mass is 35.5. The molecule has 0 spiro atoms. The van der Waals surface area contributed by atoms with E-state index in [4.69, 9.17) is 27.9 Å². The number of halogens is 2. The second-order valence-corrected chi connectivity index (χ2v) is 5.44. The topological polar surface area (TPSA) is 9.23 Å². The number of ether oxygens (including phenoxy) is 1. The number of benzene rings is 1. The van der Waals surface area contributed by atoms with Crippen molar-refractivity contribution in [2.45, 2.75) is 59.0 Å². The standard InChI is InChI=1S/C15H22Cl2O/c1-4-6-8-11(3)18-14-10-9-13(16)15(17)12(14)7-5-2/h9-11H,4-8H2,1-3H3. The van der Waals surface area contributed by atoms with Crippen LogP contribution in [0.3, 0.4) is 0 Å². The van der Waals surface area contributed by atoms with Crippen molar-refractivity contribution in [1.29, 1.82) is 0 Å². The molecule has 0 bridgehead atoms. The minimum Gasteiger partial charge on any atom is -0.490 e. The summed E-state index contributed by atoms with van der Waals surface area (Å²) in [5.74, 6) is 0.884. The van der Waals surface area contributed by atoms with Gasteiger partial charge in [0.1, 0.15) is 5.75 Å². The van der Waals surface area contributed by atoms with Gasteiger partial charge in [-0.3, -0.25) is 0 Å². The van der Waals surface area contributed by atoms with Gasteiger partial charge in [0, 0.05) is 5.56 Å². The zero-order valence-electron chi connectivity index (χ0n) is 11.4. The van der Waals surface area contributed by atoms with Gasteiger partial charge < -0.3 is 4.74 Å². The van der Waals surface area contributed by atoms with E-state index in [0.717, 1.165) is 30.6 Å². The molecule has 3 heteroatoms. The largest absolute Gasteiger partial charge is 0.490 e. The molecule has 0 heterocycles. The molecule has 0 aromatic heterocycles. The van der Waals surface area contributed by atoms with E-state index in [-0.39, 0.29) is 6.10 Å². The van der Waals surface area contributed by atoms with Gasteiger partial charge in [-0.2, -0.15) is 0 Å². The summed E-state index contributed by atoms with van der Waals surface area (Å²) in [6.07, 6.45) is 5.59. The first-order valence-corrected chi connectivity index (χ1v) is 7.49. The van der Waals surface area contributed by atoms with E-state index in [1.54, 1.807) is 0 Å². The highest BCUT2D eigenvalue weighted by Crippen LogP contribution is 2.34. The summed E-state index contributed by atoms with van der Waals surface area (Å²) in [5, 5.41) is 1.24. The monoisotopic (exact) mass is 288 g/mol. The minimum absolute atomic E-state index is 0.220. The first-order chi connectivity index (χ1) is 8.60. The third-order valence-corrected chi connectivity index (χ3v) is 3.79. The van der Waals surface area contributed by atoms with Crippen molar-refractivity contribution in [2.75, 3.05) is 0 Å². The molecule has 0 saturated heterocycles. The lowest BCUT2D eigenvalue weighted by Gasteiger charge is -2.18. The predicted octanol–water partition coefficient (Wildman–Crippen LogP) is 5.90. The Morgan fingerprint density at radius 1 is 1.17 bits per heavy atom. The molecule has 0 saturated carbocycles. The molecule has 1 unspecified atom stereocenters. The molecule has 1 atom stereocenters. The molecule has 0 N–H and O–H groups in total.